The molecule has 4 rings (SSSR count). The van der Waals surface area contributed by atoms with Gasteiger partial charge < -0.3 is 9.64 Å². The lowest BCUT2D eigenvalue weighted by atomic mass is 10.0. The second kappa shape index (κ2) is 7.67. The summed E-state index contributed by atoms with van der Waals surface area (Å²) in [7, 11) is 0. The lowest BCUT2D eigenvalue weighted by Crippen LogP contribution is -2.41. The predicted molar refractivity (Wildman–Crippen MR) is 105 cm³/mol. The van der Waals surface area contributed by atoms with Gasteiger partial charge in [-0.2, -0.15) is 4.98 Å². The summed E-state index contributed by atoms with van der Waals surface area (Å²) in [6, 6.07) is 8.53. The van der Waals surface area contributed by atoms with Crippen LogP contribution in [0.3, 0.4) is 0 Å². The minimum absolute atomic E-state index is 0.0356. The monoisotopic (exact) mass is 379 g/mol. The lowest BCUT2D eigenvalue weighted by molar-refractivity contribution is -0.134. The zero-order valence-corrected chi connectivity index (χ0v) is 16.6. The maximum absolute atomic E-state index is 12.5. The van der Waals surface area contributed by atoms with Crippen LogP contribution in [0.25, 0.3) is 5.78 Å². The largest absolute Gasteiger partial charge is 0.378 e. The van der Waals surface area contributed by atoms with Crippen molar-refractivity contribution in [1.82, 2.24) is 24.5 Å². The molecule has 28 heavy (non-hydrogen) atoms. The summed E-state index contributed by atoms with van der Waals surface area (Å²) in [6.45, 7) is 8.56. The van der Waals surface area contributed by atoms with Crippen LogP contribution in [0.15, 0.2) is 24.3 Å². The summed E-state index contributed by atoms with van der Waals surface area (Å²) < 4.78 is 7.07. The SMILES string of the molecule is Cc1ccc(Cc2c(C)nc3nc(CC(=O)N4CCOCC4)nn3c2C)cc1. The Balaban J connectivity index is 1.59. The number of hydrogen-bond acceptors (Lipinski definition) is 5. The third-order valence-corrected chi connectivity index (χ3v) is 5.27. The van der Waals surface area contributed by atoms with E-state index in [4.69, 9.17) is 4.74 Å². The summed E-state index contributed by atoms with van der Waals surface area (Å²) in [5, 5.41) is 4.57. The molecule has 0 atom stereocenters. The Morgan fingerprint density at radius 2 is 1.79 bits per heavy atom. The fourth-order valence-corrected chi connectivity index (χ4v) is 3.55. The van der Waals surface area contributed by atoms with Gasteiger partial charge in [0.2, 0.25) is 5.91 Å². The molecule has 3 aromatic rings. The molecule has 0 spiro atoms. The van der Waals surface area contributed by atoms with Gasteiger partial charge in [0.15, 0.2) is 5.82 Å². The Morgan fingerprint density at radius 1 is 1.07 bits per heavy atom. The highest BCUT2D eigenvalue weighted by molar-refractivity contribution is 5.78. The van der Waals surface area contributed by atoms with Crippen LogP contribution in [0.2, 0.25) is 0 Å². The Bertz CT molecular complexity index is 1000. The predicted octanol–water partition coefficient (Wildman–Crippen LogP) is 2.04. The number of carbonyl (C=O) groups excluding carboxylic acids is 1. The van der Waals surface area contributed by atoms with Crippen molar-refractivity contribution < 1.29 is 9.53 Å². The molecule has 1 fully saturated rings. The average molecular weight is 379 g/mol. The van der Waals surface area contributed by atoms with E-state index in [9.17, 15) is 4.79 Å². The summed E-state index contributed by atoms with van der Waals surface area (Å²) in [6.07, 6.45) is 0.984. The van der Waals surface area contributed by atoms with E-state index in [-0.39, 0.29) is 12.3 Å². The van der Waals surface area contributed by atoms with Gasteiger partial charge >= 0.3 is 0 Å². The molecule has 0 aliphatic carbocycles. The maximum Gasteiger partial charge on any atom is 0.252 e. The molecule has 1 aromatic carbocycles. The normalized spacial score (nSPS) is 14.6. The van der Waals surface area contributed by atoms with E-state index >= 15 is 0 Å². The number of amides is 1. The van der Waals surface area contributed by atoms with E-state index in [1.807, 2.05) is 18.7 Å². The molecule has 0 unspecified atom stereocenters. The first kappa shape index (κ1) is 18.6. The number of nitrogens with zero attached hydrogens (tertiary/aromatic N) is 5. The highest BCUT2D eigenvalue weighted by atomic mass is 16.5. The minimum atomic E-state index is 0.0356. The number of aryl methyl sites for hydroxylation is 3. The first-order chi connectivity index (χ1) is 13.5. The molecule has 0 saturated carbocycles. The van der Waals surface area contributed by atoms with Gasteiger partial charge in [-0.15, -0.1) is 5.10 Å². The standard InChI is InChI=1S/C21H25N5O2/c1-14-4-6-17(7-5-14)12-18-15(2)22-21-23-19(24-26(21)16(18)3)13-20(27)25-8-10-28-11-9-25/h4-7H,8-13H2,1-3H3. The Kier molecular flexibility index (Phi) is 5.09. The Labute approximate surface area is 164 Å². The molecule has 2 aromatic heterocycles. The molecule has 7 nitrogen and oxygen atoms in total. The Morgan fingerprint density at radius 3 is 2.50 bits per heavy atom. The van der Waals surface area contributed by atoms with Gasteiger partial charge in [0.05, 0.1) is 19.6 Å². The minimum Gasteiger partial charge on any atom is -0.378 e. The highest BCUT2D eigenvalue weighted by Crippen LogP contribution is 2.18. The van der Waals surface area contributed by atoms with Crippen molar-refractivity contribution in [2.45, 2.75) is 33.6 Å². The van der Waals surface area contributed by atoms with Crippen LogP contribution in [0, 0.1) is 20.8 Å². The van der Waals surface area contributed by atoms with Crippen molar-refractivity contribution in [2.75, 3.05) is 26.3 Å². The quantitative estimate of drug-likeness (QED) is 0.694. The van der Waals surface area contributed by atoms with Gasteiger partial charge in [-0.3, -0.25) is 4.79 Å². The van der Waals surface area contributed by atoms with Crippen LogP contribution < -0.4 is 0 Å². The van der Waals surface area contributed by atoms with Gasteiger partial charge in [0.25, 0.3) is 5.78 Å². The molecule has 0 bridgehead atoms. The number of benzene rings is 1. The maximum atomic E-state index is 12.5. The van der Waals surface area contributed by atoms with Crippen LogP contribution in [0.4, 0.5) is 0 Å². The fourth-order valence-electron chi connectivity index (χ4n) is 3.55. The molecule has 0 radical (unpaired) electrons. The molecule has 3 heterocycles. The van der Waals surface area contributed by atoms with E-state index in [2.05, 4.69) is 46.3 Å². The lowest BCUT2D eigenvalue weighted by Gasteiger charge is -2.26. The molecule has 146 valence electrons. The second-order valence-electron chi connectivity index (χ2n) is 7.33. The van der Waals surface area contributed by atoms with Crippen LogP contribution in [0.1, 0.15) is 33.9 Å². The molecule has 1 amide bonds. The van der Waals surface area contributed by atoms with Crippen molar-refractivity contribution in [3.63, 3.8) is 0 Å². The first-order valence-corrected chi connectivity index (χ1v) is 9.64. The van der Waals surface area contributed by atoms with Crippen molar-refractivity contribution in [3.8, 4) is 0 Å². The number of carbonyl (C=O) groups is 1. The van der Waals surface area contributed by atoms with Crippen molar-refractivity contribution in [1.29, 1.82) is 0 Å². The number of fused-ring (bicyclic) bond motifs is 1. The van der Waals surface area contributed by atoms with Crippen molar-refractivity contribution in [2.24, 2.45) is 0 Å². The molecule has 0 N–H and O–H groups in total. The van der Waals surface area contributed by atoms with Gasteiger partial charge in [-0.1, -0.05) is 29.8 Å². The third-order valence-electron chi connectivity index (χ3n) is 5.27. The highest BCUT2D eigenvalue weighted by Gasteiger charge is 2.20. The topological polar surface area (TPSA) is 72.6 Å². The van der Waals surface area contributed by atoms with E-state index in [0.717, 1.165) is 23.4 Å². The zero-order chi connectivity index (χ0) is 19.7. The van der Waals surface area contributed by atoms with E-state index in [1.165, 1.54) is 11.1 Å². The first-order valence-electron chi connectivity index (χ1n) is 9.64. The molecular weight excluding hydrogens is 354 g/mol. The zero-order valence-electron chi connectivity index (χ0n) is 16.6. The number of ether oxygens (including phenoxy) is 1. The van der Waals surface area contributed by atoms with E-state index in [0.29, 0.717) is 37.9 Å². The van der Waals surface area contributed by atoms with Crippen LogP contribution >= 0.6 is 0 Å². The summed E-state index contributed by atoms with van der Waals surface area (Å²) in [4.78, 5) is 23.4. The van der Waals surface area contributed by atoms with Gasteiger partial charge in [-0.05, 0) is 31.9 Å². The molecule has 7 heteroatoms. The Hall–Kier alpha value is -2.80. The second-order valence-corrected chi connectivity index (χ2v) is 7.33. The van der Waals surface area contributed by atoms with Gasteiger partial charge in [-0.25, -0.2) is 9.50 Å². The number of rotatable bonds is 4. The van der Waals surface area contributed by atoms with Gasteiger partial charge in [0, 0.05) is 30.9 Å². The van der Waals surface area contributed by atoms with Crippen molar-refractivity contribution in [3.05, 3.63) is 58.2 Å². The molecule has 1 aliphatic rings. The molecular formula is C21H25N5O2. The summed E-state index contributed by atoms with van der Waals surface area (Å²) >= 11 is 0. The van der Waals surface area contributed by atoms with Crippen LogP contribution in [-0.2, 0) is 22.4 Å². The van der Waals surface area contributed by atoms with Crippen molar-refractivity contribution >= 4 is 11.7 Å². The van der Waals surface area contributed by atoms with E-state index < -0.39 is 0 Å². The number of morpholine rings is 1. The number of aromatic nitrogens is 4. The van der Waals surface area contributed by atoms with Gasteiger partial charge in [0.1, 0.15) is 0 Å². The average Bonchev–Trinajstić information content (AvgIpc) is 3.09. The van der Waals surface area contributed by atoms with Crippen LogP contribution in [-0.4, -0.2) is 56.7 Å². The fraction of sp³-hybridized carbons (Fsp3) is 0.429. The summed E-state index contributed by atoms with van der Waals surface area (Å²) in [5.74, 6) is 1.10. The smallest absolute Gasteiger partial charge is 0.252 e. The van der Waals surface area contributed by atoms with E-state index in [1.54, 1.807) is 4.52 Å². The summed E-state index contributed by atoms with van der Waals surface area (Å²) in [5.41, 5.74) is 5.59. The third kappa shape index (κ3) is 3.75. The molecule has 1 aliphatic heterocycles. The number of hydrogen-bond donors (Lipinski definition) is 0. The molecule has 1 saturated heterocycles. The van der Waals surface area contributed by atoms with Crippen LogP contribution in [0.5, 0.6) is 0 Å².